The highest BCUT2D eigenvalue weighted by Gasteiger charge is 2.34. The van der Waals surface area contributed by atoms with Crippen LogP contribution < -0.4 is 4.90 Å². The number of para-hydroxylation sites is 1. The molecule has 5 heteroatoms. The van der Waals surface area contributed by atoms with Gasteiger partial charge in [0.15, 0.2) is 9.84 Å². The molecule has 1 saturated heterocycles. The lowest BCUT2D eigenvalue weighted by molar-refractivity contribution is -0.116. The van der Waals surface area contributed by atoms with Crippen molar-refractivity contribution in [1.29, 1.82) is 0 Å². The number of carbonyl (C=O) groups is 1. The number of hydrogen-bond donors (Lipinski definition) is 0. The molecule has 2 rings (SSSR count). The monoisotopic (exact) mass is 253 g/mol. The van der Waals surface area contributed by atoms with Crippen LogP contribution in [0.2, 0.25) is 0 Å². The van der Waals surface area contributed by atoms with Crippen molar-refractivity contribution in [2.24, 2.45) is 0 Å². The van der Waals surface area contributed by atoms with Gasteiger partial charge >= 0.3 is 0 Å². The molecule has 0 aliphatic carbocycles. The van der Waals surface area contributed by atoms with Gasteiger partial charge < -0.3 is 4.90 Å². The smallest absolute Gasteiger partial charge is 0.224 e. The van der Waals surface area contributed by atoms with Crippen molar-refractivity contribution in [1.82, 2.24) is 0 Å². The van der Waals surface area contributed by atoms with E-state index in [0.717, 1.165) is 5.69 Å². The molecule has 1 heterocycles. The number of rotatable bonds is 2. The van der Waals surface area contributed by atoms with Gasteiger partial charge in [0, 0.05) is 12.6 Å². The van der Waals surface area contributed by atoms with Gasteiger partial charge in [-0.2, -0.15) is 0 Å². The van der Waals surface area contributed by atoms with Gasteiger partial charge in [0.1, 0.15) is 0 Å². The third kappa shape index (κ3) is 2.66. The zero-order valence-electron chi connectivity index (χ0n) is 9.67. The van der Waals surface area contributed by atoms with E-state index in [1.807, 2.05) is 30.3 Å². The Labute approximate surface area is 101 Å². The Morgan fingerprint density at radius 3 is 2.41 bits per heavy atom. The summed E-state index contributed by atoms with van der Waals surface area (Å²) < 4.78 is 22.9. The fraction of sp³-hybridized carbons (Fsp3) is 0.417. The average Bonchev–Trinajstić information content (AvgIpc) is 2.60. The van der Waals surface area contributed by atoms with Crippen LogP contribution in [0.3, 0.4) is 0 Å². The zero-order chi connectivity index (χ0) is 12.5. The van der Waals surface area contributed by atoms with E-state index in [1.54, 1.807) is 4.90 Å². The van der Waals surface area contributed by atoms with Crippen molar-refractivity contribution in [3.05, 3.63) is 30.3 Å². The number of anilines is 1. The lowest BCUT2D eigenvalue weighted by atomic mass is 10.2. The van der Waals surface area contributed by atoms with Crippen LogP contribution in [-0.2, 0) is 14.6 Å². The van der Waals surface area contributed by atoms with Crippen molar-refractivity contribution in [3.8, 4) is 0 Å². The molecular formula is C12H15NO3S. The number of hydrogen-bond acceptors (Lipinski definition) is 3. The van der Waals surface area contributed by atoms with Crippen molar-refractivity contribution in [3.63, 3.8) is 0 Å². The molecule has 1 aliphatic rings. The standard InChI is InChI=1S/C12H15NO3S/c1-10(14)13(11-5-3-2-4-6-11)12-7-8-17(15,16)9-12/h2-6,12H,7-9H2,1H3/t12-/m1/s1. The molecule has 1 aliphatic heterocycles. The van der Waals surface area contributed by atoms with Gasteiger partial charge in [-0.05, 0) is 18.6 Å². The molecule has 4 nitrogen and oxygen atoms in total. The molecule has 1 fully saturated rings. The van der Waals surface area contributed by atoms with Crippen LogP contribution in [0, 0.1) is 0 Å². The summed E-state index contributed by atoms with van der Waals surface area (Å²) in [5.41, 5.74) is 0.766. The van der Waals surface area contributed by atoms with Crippen LogP contribution in [0.5, 0.6) is 0 Å². The number of amides is 1. The predicted octanol–water partition coefficient (Wildman–Crippen LogP) is 1.23. The first-order chi connectivity index (χ1) is 7.99. The maximum absolute atomic E-state index is 11.7. The molecule has 0 unspecified atom stereocenters. The van der Waals surface area contributed by atoms with E-state index in [-0.39, 0.29) is 23.5 Å². The molecule has 0 saturated carbocycles. The highest BCUT2D eigenvalue weighted by molar-refractivity contribution is 7.91. The quantitative estimate of drug-likeness (QED) is 0.796. The van der Waals surface area contributed by atoms with E-state index < -0.39 is 9.84 Å². The molecule has 17 heavy (non-hydrogen) atoms. The normalized spacial score (nSPS) is 22.3. The van der Waals surface area contributed by atoms with Crippen LogP contribution in [0.25, 0.3) is 0 Å². The van der Waals surface area contributed by atoms with Gasteiger partial charge in [-0.3, -0.25) is 4.79 Å². The van der Waals surface area contributed by atoms with Crippen LogP contribution in [0.4, 0.5) is 5.69 Å². The van der Waals surface area contributed by atoms with E-state index >= 15 is 0 Å². The number of sulfone groups is 1. The maximum atomic E-state index is 11.7. The average molecular weight is 253 g/mol. The molecule has 0 bridgehead atoms. The second-order valence-electron chi connectivity index (χ2n) is 4.28. The summed E-state index contributed by atoms with van der Waals surface area (Å²) in [6.45, 7) is 1.47. The van der Waals surface area contributed by atoms with Gasteiger partial charge in [-0.25, -0.2) is 8.42 Å². The minimum atomic E-state index is -2.98. The lowest BCUT2D eigenvalue weighted by Crippen LogP contribution is -2.39. The minimum absolute atomic E-state index is 0.0709. The summed E-state index contributed by atoms with van der Waals surface area (Å²) in [6, 6.07) is 8.98. The zero-order valence-corrected chi connectivity index (χ0v) is 10.5. The van der Waals surface area contributed by atoms with Gasteiger partial charge in [0.2, 0.25) is 5.91 Å². The summed E-state index contributed by atoms with van der Waals surface area (Å²) >= 11 is 0. The molecule has 1 aromatic rings. The van der Waals surface area contributed by atoms with Crippen molar-refractivity contribution >= 4 is 21.4 Å². The summed E-state index contributed by atoms with van der Waals surface area (Å²) in [5, 5.41) is 0. The predicted molar refractivity (Wildman–Crippen MR) is 66.7 cm³/mol. The van der Waals surface area contributed by atoms with E-state index in [9.17, 15) is 13.2 Å². The van der Waals surface area contributed by atoms with Crippen LogP contribution in [0.1, 0.15) is 13.3 Å². The van der Waals surface area contributed by atoms with Gasteiger partial charge in [-0.15, -0.1) is 0 Å². The second kappa shape index (κ2) is 4.49. The minimum Gasteiger partial charge on any atom is -0.309 e. The summed E-state index contributed by atoms with van der Waals surface area (Å²) in [5.74, 6) is 0.133. The molecule has 0 radical (unpaired) electrons. The Morgan fingerprint density at radius 1 is 1.29 bits per heavy atom. The molecule has 0 aromatic heterocycles. The summed E-state index contributed by atoms with van der Waals surface area (Å²) in [4.78, 5) is 13.3. The van der Waals surface area contributed by atoms with Crippen molar-refractivity contribution < 1.29 is 13.2 Å². The molecule has 1 amide bonds. The van der Waals surface area contributed by atoms with Gasteiger partial charge in [0.25, 0.3) is 0 Å². The SMILES string of the molecule is CC(=O)N(c1ccccc1)[C@@H]1CCS(=O)(=O)C1. The van der Waals surface area contributed by atoms with Gasteiger partial charge in [-0.1, -0.05) is 18.2 Å². The number of nitrogens with zero attached hydrogens (tertiary/aromatic N) is 1. The van der Waals surface area contributed by atoms with E-state index in [0.29, 0.717) is 6.42 Å². The topological polar surface area (TPSA) is 54.5 Å². The molecular weight excluding hydrogens is 238 g/mol. The maximum Gasteiger partial charge on any atom is 0.224 e. The van der Waals surface area contributed by atoms with Crippen molar-refractivity contribution in [2.45, 2.75) is 19.4 Å². The molecule has 1 aromatic carbocycles. The molecule has 1 atom stereocenters. The van der Waals surface area contributed by atoms with E-state index in [2.05, 4.69) is 0 Å². The Kier molecular flexibility index (Phi) is 3.19. The third-order valence-corrected chi connectivity index (χ3v) is 4.70. The van der Waals surface area contributed by atoms with E-state index in [1.165, 1.54) is 6.92 Å². The Morgan fingerprint density at radius 2 is 1.94 bits per heavy atom. The molecule has 0 spiro atoms. The van der Waals surface area contributed by atoms with Gasteiger partial charge in [0.05, 0.1) is 17.5 Å². The van der Waals surface area contributed by atoms with Crippen LogP contribution >= 0.6 is 0 Å². The van der Waals surface area contributed by atoms with E-state index in [4.69, 9.17) is 0 Å². The Hall–Kier alpha value is -1.36. The molecule has 0 N–H and O–H groups in total. The Bertz CT molecular complexity index is 510. The summed E-state index contributed by atoms with van der Waals surface area (Å²) in [6.07, 6.45) is 0.525. The first-order valence-corrected chi connectivity index (χ1v) is 7.37. The van der Waals surface area contributed by atoms with Crippen molar-refractivity contribution in [2.75, 3.05) is 16.4 Å². The molecule has 92 valence electrons. The Balaban J connectivity index is 2.29. The summed E-state index contributed by atoms with van der Waals surface area (Å²) in [7, 11) is -2.98. The number of benzene rings is 1. The van der Waals surface area contributed by atoms with Crippen LogP contribution in [0.15, 0.2) is 30.3 Å². The first-order valence-electron chi connectivity index (χ1n) is 5.55. The second-order valence-corrected chi connectivity index (χ2v) is 6.51. The fourth-order valence-corrected chi connectivity index (χ4v) is 3.92. The largest absolute Gasteiger partial charge is 0.309 e. The highest BCUT2D eigenvalue weighted by Crippen LogP contribution is 2.24. The number of carbonyl (C=O) groups excluding carboxylic acids is 1. The van der Waals surface area contributed by atoms with Crippen LogP contribution in [-0.4, -0.2) is 31.9 Å². The lowest BCUT2D eigenvalue weighted by Gasteiger charge is -2.27. The highest BCUT2D eigenvalue weighted by atomic mass is 32.2. The first kappa shape index (κ1) is 12.1. The third-order valence-electron chi connectivity index (χ3n) is 2.95. The fourth-order valence-electron chi connectivity index (χ4n) is 2.22.